The number of hydrogen-bond acceptors (Lipinski definition) is 5. The summed E-state index contributed by atoms with van der Waals surface area (Å²) >= 11 is 0. The van der Waals surface area contributed by atoms with Crippen LogP contribution in [0.25, 0.3) is 0 Å². The number of anilines is 1. The van der Waals surface area contributed by atoms with Crippen LogP contribution in [0.2, 0.25) is 0 Å². The molecule has 0 fully saturated rings. The smallest absolute Gasteiger partial charge is 0.275 e. The first-order valence-electron chi connectivity index (χ1n) is 7.07. The summed E-state index contributed by atoms with van der Waals surface area (Å²) in [4.78, 5) is 10.6. The number of nitrogens with one attached hydrogen (secondary N) is 1. The zero-order chi connectivity index (χ0) is 16.0. The summed E-state index contributed by atoms with van der Waals surface area (Å²) in [6.45, 7) is 10.8. The van der Waals surface area contributed by atoms with Crippen molar-refractivity contribution in [1.82, 2.24) is 0 Å². The van der Waals surface area contributed by atoms with Gasteiger partial charge in [-0.15, -0.1) is 0 Å². The predicted octanol–water partition coefficient (Wildman–Crippen LogP) is 3.61. The molecular weight excluding hydrogens is 272 g/mol. The van der Waals surface area contributed by atoms with E-state index in [1.54, 1.807) is 6.07 Å². The second-order valence-corrected chi connectivity index (χ2v) is 5.69. The van der Waals surface area contributed by atoms with Crippen molar-refractivity contribution in [3.05, 3.63) is 28.3 Å². The minimum Gasteiger partial charge on any atom is -0.491 e. The summed E-state index contributed by atoms with van der Waals surface area (Å²) < 4.78 is 11.1. The van der Waals surface area contributed by atoms with Crippen LogP contribution in [0.5, 0.6) is 5.75 Å². The Morgan fingerprint density at radius 2 is 2.00 bits per heavy atom. The lowest BCUT2D eigenvalue weighted by Crippen LogP contribution is -2.33. The number of non-ortho nitro benzene ring substituents is 1. The van der Waals surface area contributed by atoms with Gasteiger partial charge in [0.25, 0.3) is 5.69 Å². The highest BCUT2D eigenvalue weighted by Gasteiger charge is 2.18. The summed E-state index contributed by atoms with van der Waals surface area (Å²) in [7, 11) is 0. The monoisotopic (exact) mass is 296 g/mol. The van der Waals surface area contributed by atoms with Crippen molar-refractivity contribution in [1.29, 1.82) is 0 Å². The van der Waals surface area contributed by atoms with E-state index in [0.717, 1.165) is 0 Å². The molecule has 6 nitrogen and oxygen atoms in total. The molecule has 0 saturated carbocycles. The van der Waals surface area contributed by atoms with Crippen LogP contribution in [0.3, 0.4) is 0 Å². The summed E-state index contributed by atoms with van der Waals surface area (Å²) in [6, 6.07) is 4.68. The van der Waals surface area contributed by atoms with Crippen LogP contribution in [0, 0.1) is 10.1 Å². The van der Waals surface area contributed by atoms with Gasteiger partial charge in [0.05, 0.1) is 22.7 Å². The van der Waals surface area contributed by atoms with Crippen LogP contribution >= 0.6 is 0 Å². The topological polar surface area (TPSA) is 73.6 Å². The zero-order valence-electron chi connectivity index (χ0n) is 13.3. The van der Waals surface area contributed by atoms with Crippen molar-refractivity contribution in [3.63, 3.8) is 0 Å². The van der Waals surface area contributed by atoms with E-state index in [0.29, 0.717) is 24.6 Å². The van der Waals surface area contributed by atoms with Gasteiger partial charge in [-0.2, -0.15) is 0 Å². The maximum absolute atomic E-state index is 11.0. The molecule has 0 unspecified atom stereocenters. The second kappa shape index (κ2) is 7.26. The van der Waals surface area contributed by atoms with Gasteiger partial charge in [0.2, 0.25) is 0 Å². The fourth-order valence-corrected chi connectivity index (χ4v) is 1.89. The number of nitrogens with zero attached hydrogens (tertiary/aromatic N) is 1. The van der Waals surface area contributed by atoms with Crippen molar-refractivity contribution in [2.75, 3.05) is 18.5 Å². The van der Waals surface area contributed by atoms with E-state index in [4.69, 9.17) is 9.47 Å². The van der Waals surface area contributed by atoms with Crippen LogP contribution in [-0.2, 0) is 4.74 Å². The fraction of sp³-hybridized carbons (Fsp3) is 0.600. The van der Waals surface area contributed by atoms with Gasteiger partial charge in [0.1, 0.15) is 5.75 Å². The molecule has 1 aromatic carbocycles. The van der Waals surface area contributed by atoms with Crippen LogP contribution < -0.4 is 10.1 Å². The minimum atomic E-state index is -0.425. The standard InChI is InChI=1S/C15H24N2O4/c1-6-20-15(4,5)10-16-12-7-13(17(18)19)9-14(8-12)21-11(2)3/h7-9,11,16H,6,10H2,1-5H3. The first-order chi connectivity index (χ1) is 9.73. The molecule has 118 valence electrons. The normalized spacial score (nSPS) is 11.5. The van der Waals surface area contributed by atoms with Crippen LogP contribution in [-0.4, -0.2) is 29.8 Å². The molecule has 1 N–H and O–H groups in total. The Bertz CT molecular complexity index is 487. The van der Waals surface area contributed by atoms with E-state index in [1.165, 1.54) is 12.1 Å². The van der Waals surface area contributed by atoms with Crippen molar-refractivity contribution in [3.8, 4) is 5.75 Å². The summed E-state index contributed by atoms with van der Waals surface area (Å²) in [5.74, 6) is 0.482. The predicted molar refractivity (Wildman–Crippen MR) is 83.1 cm³/mol. The summed E-state index contributed by atoms with van der Waals surface area (Å²) in [5.41, 5.74) is 0.302. The Morgan fingerprint density at radius 1 is 1.33 bits per heavy atom. The molecule has 0 saturated heterocycles. The van der Waals surface area contributed by atoms with Gasteiger partial charge in [-0.25, -0.2) is 0 Å². The van der Waals surface area contributed by atoms with Gasteiger partial charge in [0, 0.05) is 31.0 Å². The van der Waals surface area contributed by atoms with Gasteiger partial charge >= 0.3 is 0 Å². The number of ether oxygens (including phenoxy) is 2. The Labute approximate surface area is 125 Å². The molecule has 0 amide bonds. The first-order valence-corrected chi connectivity index (χ1v) is 7.07. The Balaban J connectivity index is 2.90. The lowest BCUT2D eigenvalue weighted by Gasteiger charge is -2.25. The Hall–Kier alpha value is -1.82. The SMILES string of the molecule is CCOC(C)(C)CNc1cc(OC(C)C)cc([N+](=O)[O-])c1. The summed E-state index contributed by atoms with van der Waals surface area (Å²) in [6.07, 6.45) is -0.0419. The zero-order valence-corrected chi connectivity index (χ0v) is 13.3. The largest absolute Gasteiger partial charge is 0.491 e. The summed E-state index contributed by atoms with van der Waals surface area (Å²) in [5, 5.41) is 14.2. The van der Waals surface area contributed by atoms with Crippen molar-refractivity contribution in [2.24, 2.45) is 0 Å². The number of rotatable bonds is 8. The average molecular weight is 296 g/mol. The molecular formula is C15H24N2O4. The third-order valence-electron chi connectivity index (χ3n) is 2.73. The van der Waals surface area contributed by atoms with E-state index < -0.39 is 4.92 Å². The quantitative estimate of drug-likeness (QED) is 0.586. The molecule has 0 aliphatic carbocycles. The minimum absolute atomic E-state index is 0.00451. The van der Waals surface area contributed by atoms with Gasteiger partial charge in [-0.3, -0.25) is 10.1 Å². The fourth-order valence-electron chi connectivity index (χ4n) is 1.89. The van der Waals surface area contributed by atoms with Crippen molar-refractivity contribution < 1.29 is 14.4 Å². The molecule has 0 aromatic heterocycles. The Kier molecular flexibility index (Phi) is 5.96. The van der Waals surface area contributed by atoms with Crippen LogP contribution in [0.4, 0.5) is 11.4 Å². The molecule has 0 aliphatic heterocycles. The van der Waals surface area contributed by atoms with Gasteiger partial charge in [0.15, 0.2) is 0 Å². The maximum atomic E-state index is 11.0. The first kappa shape index (κ1) is 17.2. The molecule has 21 heavy (non-hydrogen) atoms. The number of benzene rings is 1. The van der Waals surface area contributed by atoms with E-state index in [2.05, 4.69) is 5.32 Å². The third kappa shape index (κ3) is 5.99. The molecule has 1 aromatic rings. The molecule has 0 radical (unpaired) electrons. The number of hydrogen-bond donors (Lipinski definition) is 1. The molecule has 0 aliphatic rings. The molecule has 0 spiro atoms. The van der Waals surface area contributed by atoms with E-state index in [9.17, 15) is 10.1 Å². The second-order valence-electron chi connectivity index (χ2n) is 5.69. The van der Waals surface area contributed by atoms with Gasteiger partial charge in [-0.1, -0.05) is 0 Å². The molecule has 1 rings (SSSR count). The molecule has 0 heterocycles. The maximum Gasteiger partial charge on any atom is 0.275 e. The highest BCUT2D eigenvalue weighted by atomic mass is 16.6. The van der Waals surface area contributed by atoms with E-state index in [1.807, 2.05) is 34.6 Å². The van der Waals surface area contributed by atoms with Crippen molar-refractivity contribution >= 4 is 11.4 Å². The molecule has 0 bridgehead atoms. The van der Waals surface area contributed by atoms with Crippen molar-refractivity contribution in [2.45, 2.75) is 46.3 Å². The Morgan fingerprint density at radius 3 is 2.52 bits per heavy atom. The number of nitro groups is 1. The van der Waals surface area contributed by atoms with E-state index >= 15 is 0 Å². The van der Waals surface area contributed by atoms with Crippen LogP contribution in [0.15, 0.2) is 18.2 Å². The van der Waals surface area contributed by atoms with Gasteiger partial charge in [-0.05, 0) is 34.6 Å². The molecule has 0 atom stereocenters. The van der Waals surface area contributed by atoms with E-state index in [-0.39, 0.29) is 17.4 Å². The highest BCUT2D eigenvalue weighted by molar-refractivity contribution is 5.56. The highest BCUT2D eigenvalue weighted by Crippen LogP contribution is 2.27. The average Bonchev–Trinajstić information content (AvgIpc) is 2.35. The van der Waals surface area contributed by atoms with Crippen LogP contribution in [0.1, 0.15) is 34.6 Å². The third-order valence-corrected chi connectivity index (χ3v) is 2.73. The lowest BCUT2D eigenvalue weighted by atomic mass is 10.1. The lowest BCUT2D eigenvalue weighted by molar-refractivity contribution is -0.384. The number of nitro benzene ring substituents is 1. The van der Waals surface area contributed by atoms with Gasteiger partial charge < -0.3 is 14.8 Å². The molecule has 6 heteroatoms.